The van der Waals surface area contributed by atoms with E-state index in [-0.39, 0.29) is 5.92 Å². The van der Waals surface area contributed by atoms with Crippen LogP contribution in [0.15, 0.2) is 6.07 Å². The summed E-state index contributed by atoms with van der Waals surface area (Å²) in [6.07, 6.45) is 0. The number of halogens is 1. The standard InChI is InChI=1S/C15H20ClN3O2/c1-7(2)11-8(3)18-14-10(21-5)6-9(20-4)13(16)12(14)15(11)19-17/h6-7H,17H2,1-5H3,(H,18,19). The molecule has 0 radical (unpaired) electrons. The zero-order valence-corrected chi connectivity index (χ0v) is 13.6. The predicted octanol–water partition coefficient (Wildman–Crippen LogP) is 3.62. The number of anilines is 1. The van der Waals surface area contributed by atoms with Gasteiger partial charge in [-0.05, 0) is 12.8 Å². The molecule has 0 bridgehead atoms. The number of rotatable bonds is 4. The molecule has 0 aliphatic rings. The fourth-order valence-electron chi connectivity index (χ4n) is 2.64. The minimum absolute atomic E-state index is 0.251. The fourth-order valence-corrected chi connectivity index (χ4v) is 2.96. The number of aryl methyl sites for hydroxylation is 1. The number of pyridine rings is 1. The number of aromatic nitrogens is 1. The van der Waals surface area contributed by atoms with Gasteiger partial charge in [-0.1, -0.05) is 25.4 Å². The van der Waals surface area contributed by atoms with Gasteiger partial charge < -0.3 is 14.9 Å². The SMILES string of the molecule is COc1cc(OC)c2nc(C)c(C(C)C)c(NN)c2c1Cl. The summed E-state index contributed by atoms with van der Waals surface area (Å²) in [5.74, 6) is 7.13. The molecule has 21 heavy (non-hydrogen) atoms. The highest BCUT2D eigenvalue weighted by atomic mass is 35.5. The molecule has 1 aromatic heterocycles. The predicted molar refractivity (Wildman–Crippen MR) is 86.5 cm³/mol. The highest BCUT2D eigenvalue weighted by molar-refractivity contribution is 6.38. The maximum absolute atomic E-state index is 6.47. The third kappa shape index (κ3) is 2.47. The number of nitrogen functional groups attached to an aromatic ring is 1. The lowest BCUT2D eigenvalue weighted by atomic mass is 9.96. The van der Waals surface area contributed by atoms with Crippen LogP contribution in [0.25, 0.3) is 10.9 Å². The molecule has 1 heterocycles. The number of ether oxygens (including phenoxy) is 2. The molecule has 1 aromatic carbocycles. The number of nitrogens with zero attached hydrogens (tertiary/aromatic N) is 1. The molecular formula is C15H20ClN3O2. The monoisotopic (exact) mass is 309 g/mol. The summed E-state index contributed by atoms with van der Waals surface area (Å²) in [5.41, 5.74) is 6.12. The first-order chi connectivity index (χ1) is 9.96. The number of hydrazine groups is 1. The quantitative estimate of drug-likeness (QED) is 0.667. The molecular weight excluding hydrogens is 290 g/mol. The van der Waals surface area contributed by atoms with Crippen LogP contribution in [0.3, 0.4) is 0 Å². The van der Waals surface area contributed by atoms with Gasteiger partial charge in [-0.3, -0.25) is 5.84 Å². The maximum atomic E-state index is 6.47. The van der Waals surface area contributed by atoms with Crippen molar-refractivity contribution in [3.8, 4) is 11.5 Å². The van der Waals surface area contributed by atoms with Crippen molar-refractivity contribution in [3.05, 3.63) is 22.3 Å². The molecule has 0 spiro atoms. The van der Waals surface area contributed by atoms with Crippen LogP contribution < -0.4 is 20.7 Å². The molecule has 0 aliphatic carbocycles. The van der Waals surface area contributed by atoms with Gasteiger partial charge in [0.15, 0.2) is 0 Å². The summed E-state index contributed by atoms with van der Waals surface area (Å²) >= 11 is 6.47. The second-order valence-corrected chi connectivity index (χ2v) is 5.48. The second-order valence-electron chi connectivity index (χ2n) is 5.10. The molecule has 114 valence electrons. The van der Waals surface area contributed by atoms with Crippen molar-refractivity contribution in [2.45, 2.75) is 26.7 Å². The molecule has 3 N–H and O–H groups in total. The molecule has 0 unspecified atom stereocenters. The normalized spacial score (nSPS) is 11.0. The number of nitrogens with one attached hydrogen (secondary N) is 1. The van der Waals surface area contributed by atoms with Gasteiger partial charge in [0.25, 0.3) is 0 Å². The number of benzene rings is 1. The van der Waals surface area contributed by atoms with E-state index in [1.165, 1.54) is 0 Å². The summed E-state index contributed by atoms with van der Waals surface area (Å²) in [7, 11) is 3.15. The molecule has 6 heteroatoms. The molecule has 5 nitrogen and oxygen atoms in total. The first-order valence-corrected chi connectivity index (χ1v) is 7.05. The van der Waals surface area contributed by atoms with Crippen LogP contribution in [-0.2, 0) is 0 Å². The van der Waals surface area contributed by atoms with Gasteiger partial charge in [-0.15, -0.1) is 0 Å². The van der Waals surface area contributed by atoms with Crippen molar-refractivity contribution in [1.82, 2.24) is 4.98 Å². The summed E-state index contributed by atoms with van der Waals surface area (Å²) in [6.45, 7) is 6.12. The summed E-state index contributed by atoms with van der Waals surface area (Å²) in [6, 6.07) is 1.73. The zero-order chi connectivity index (χ0) is 15.7. The number of methoxy groups -OCH3 is 2. The Morgan fingerprint density at radius 1 is 1.24 bits per heavy atom. The molecule has 2 aromatic rings. The number of nitrogens with two attached hydrogens (primary N) is 1. The number of fused-ring (bicyclic) bond motifs is 1. The van der Waals surface area contributed by atoms with E-state index in [9.17, 15) is 0 Å². The fraction of sp³-hybridized carbons (Fsp3) is 0.400. The Bertz CT molecular complexity index is 687. The van der Waals surface area contributed by atoms with Crippen LogP contribution >= 0.6 is 11.6 Å². The Balaban J connectivity index is 3.02. The minimum Gasteiger partial charge on any atom is -0.495 e. The van der Waals surface area contributed by atoms with E-state index in [1.807, 2.05) is 6.92 Å². The molecule has 0 amide bonds. The van der Waals surface area contributed by atoms with Crippen LogP contribution in [-0.4, -0.2) is 19.2 Å². The summed E-state index contributed by atoms with van der Waals surface area (Å²) in [5, 5.41) is 1.18. The van der Waals surface area contributed by atoms with Crippen LogP contribution in [0.1, 0.15) is 31.0 Å². The van der Waals surface area contributed by atoms with Gasteiger partial charge in [-0.25, -0.2) is 4.98 Å². The average Bonchev–Trinajstić information content (AvgIpc) is 2.45. The maximum Gasteiger partial charge on any atom is 0.148 e. The van der Waals surface area contributed by atoms with E-state index >= 15 is 0 Å². The van der Waals surface area contributed by atoms with Gasteiger partial charge in [-0.2, -0.15) is 0 Å². The molecule has 2 rings (SSSR count). The summed E-state index contributed by atoms with van der Waals surface area (Å²) in [4.78, 5) is 4.65. The smallest absolute Gasteiger partial charge is 0.148 e. The molecule has 0 fully saturated rings. The topological polar surface area (TPSA) is 69.4 Å². The highest BCUT2D eigenvalue weighted by Gasteiger charge is 2.21. The second kappa shape index (κ2) is 5.95. The highest BCUT2D eigenvalue weighted by Crippen LogP contribution is 2.44. The average molecular weight is 310 g/mol. The van der Waals surface area contributed by atoms with Crippen molar-refractivity contribution < 1.29 is 9.47 Å². The van der Waals surface area contributed by atoms with Gasteiger partial charge >= 0.3 is 0 Å². The summed E-state index contributed by atoms with van der Waals surface area (Å²) < 4.78 is 10.7. The zero-order valence-electron chi connectivity index (χ0n) is 12.9. The van der Waals surface area contributed by atoms with Crippen molar-refractivity contribution in [2.24, 2.45) is 5.84 Å². The van der Waals surface area contributed by atoms with E-state index in [0.29, 0.717) is 27.4 Å². The van der Waals surface area contributed by atoms with Crippen LogP contribution in [0.4, 0.5) is 5.69 Å². The molecule has 0 aliphatic heterocycles. The first-order valence-electron chi connectivity index (χ1n) is 6.67. The Morgan fingerprint density at radius 2 is 1.86 bits per heavy atom. The van der Waals surface area contributed by atoms with Gasteiger partial charge in [0.2, 0.25) is 0 Å². The third-order valence-corrected chi connectivity index (χ3v) is 3.89. The number of hydrogen-bond acceptors (Lipinski definition) is 5. The third-order valence-electron chi connectivity index (χ3n) is 3.52. The van der Waals surface area contributed by atoms with E-state index in [4.69, 9.17) is 26.9 Å². The van der Waals surface area contributed by atoms with Crippen LogP contribution in [0.5, 0.6) is 11.5 Å². The number of hydrogen-bond donors (Lipinski definition) is 2. The Hall–Kier alpha value is -1.72. The van der Waals surface area contributed by atoms with Crippen molar-refractivity contribution in [3.63, 3.8) is 0 Å². The van der Waals surface area contributed by atoms with Crippen LogP contribution in [0.2, 0.25) is 5.02 Å². The van der Waals surface area contributed by atoms with Crippen molar-refractivity contribution in [2.75, 3.05) is 19.6 Å². The lowest BCUT2D eigenvalue weighted by molar-refractivity contribution is 0.397. The molecule has 0 saturated carbocycles. The molecule has 0 saturated heterocycles. The largest absolute Gasteiger partial charge is 0.495 e. The lowest BCUT2D eigenvalue weighted by Crippen LogP contribution is -2.13. The minimum atomic E-state index is 0.251. The van der Waals surface area contributed by atoms with Gasteiger partial charge in [0.05, 0.1) is 30.3 Å². The van der Waals surface area contributed by atoms with Crippen molar-refractivity contribution >= 4 is 28.2 Å². The Labute approximate surface area is 129 Å². The lowest BCUT2D eigenvalue weighted by Gasteiger charge is -2.20. The van der Waals surface area contributed by atoms with E-state index in [1.54, 1.807) is 20.3 Å². The van der Waals surface area contributed by atoms with Gasteiger partial charge in [0, 0.05) is 17.3 Å². The molecule has 0 atom stereocenters. The van der Waals surface area contributed by atoms with Crippen molar-refractivity contribution in [1.29, 1.82) is 0 Å². The van der Waals surface area contributed by atoms with E-state index in [2.05, 4.69) is 24.3 Å². The Morgan fingerprint density at radius 3 is 2.33 bits per heavy atom. The van der Waals surface area contributed by atoms with Gasteiger partial charge in [0.1, 0.15) is 17.0 Å². The van der Waals surface area contributed by atoms with Crippen LogP contribution in [0, 0.1) is 6.92 Å². The van der Waals surface area contributed by atoms with E-state index < -0.39 is 0 Å². The first kappa shape index (κ1) is 15.7. The van der Waals surface area contributed by atoms with E-state index in [0.717, 1.165) is 16.9 Å². The Kier molecular flexibility index (Phi) is 4.44.